The monoisotopic (exact) mass is 417 g/mol. The molecule has 1 aliphatic rings. The van der Waals surface area contributed by atoms with E-state index in [4.69, 9.17) is 4.74 Å². The molecule has 0 spiro atoms. The first-order chi connectivity index (χ1) is 12.6. The molecule has 1 saturated heterocycles. The average molecular weight is 418 g/mol. The van der Waals surface area contributed by atoms with Gasteiger partial charge in [0.25, 0.3) is 5.91 Å². The molecule has 1 fully saturated rings. The van der Waals surface area contributed by atoms with Gasteiger partial charge in [0.1, 0.15) is 5.75 Å². The summed E-state index contributed by atoms with van der Waals surface area (Å²) >= 11 is 3.39. The van der Waals surface area contributed by atoms with E-state index in [-0.39, 0.29) is 11.9 Å². The van der Waals surface area contributed by atoms with Crippen LogP contribution in [0.1, 0.15) is 10.4 Å². The lowest BCUT2D eigenvalue weighted by Crippen LogP contribution is -2.51. The van der Waals surface area contributed by atoms with E-state index in [0.717, 1.165) is 10.2 Å². The molecule has 0 atom stereocenters. The Morgan fingerprint density at radius 1 is 1.00 bits per heavy atom. The summed E-state index contributed by atoms with van der Waals surface area (Å²) in [4.78, 5) is 28.5. The summed E-state index contributed by atoms with van der Waals surface area (Å²) in [6.07, 6.45) is 0. The van der Waals surface area contributed by atoms with Crippen molar-refractivity contribution in [3.8, 4) is 5.75 Å². The fraction of sp³-hybridized carbons (Fsp3) is 0.263. The van der Waals surface area contributed by atoms with E-state index in [2.05, 4.69) is 21.2 Å². The molecule has 3 rings (SSSR count). The molecule has 0 aliphatic carbocycles. The number of hydrogen-bond donors (Lipinski definition) is 1. The number of amides is 3. The highest BCUT2D eigenvalue weighted by Crippen LogP contribution is 2.18. The molecular weight excluding hydrogens is 398 g/mol. The second-order valence-corrected chi connectivity index (χ2v) is 6.87. The lowest BCUT2D eigenvalue weighted by molar-refractivity contribution is 0.0671. The molecule has 2 aromatic rings. The number of halogens is 1. The highest BCUT2D eigenvalue weighted by Gasteiger charge is 2.25. The molecule has 1 N–H and O–H groups in total. The topological polar surface area (TPSA) is 61.9 Å². The van der Waals surface area contributed by atoms with Crippen LogP contribution in [0.25, 0.3) is 0 Å². The second-order valence-electron chi connectivity index (χ2n) is 5.95. The number of urea groups is 1. The maximum absolute atomic E-state index is 12.6. The van der Waals surface area contributed by atoms with Crippen molar-refractivity contribution in [2.75, 3.05) is 38.6 Å². The summed E-state index contributed by atoms with van der Waals surface area (Å²) in [6.45, 7) is 2.00. The number of carbonyl (C=O) groups excluding carboxylic acids is 2. The van der Waals surface area contributed by atoms with Gasteiger partial charge in [0.05, 0.1) is 7.11 Å². The number of anilines is 1. The minimum Gasteiger partial charge on any atom is -0.497 e. The van der Waals surface area contributed by atoms with Gasteiger partial charge in [-0.05, 0) is 36.4 Å². The Kier molecular flexibility index (Phi) is 5.78. The Hall–Kier alpha value is -2.54. The minimum atomic E-state index is -0.156. The SMILES string of the molecule is COc1cccc(C(=O)N2CCN(C(=O)Nc3cccc(Br)c3)CC2)c1. The highest BCUT2D eigenvalue weighted by atomic mass is 79.9. The van der Waals surface area contributed by atoms with Crippen LogP contribution in [0.15, 0.2) is 53.0 Å². The maximum atomic E-state index is 12.6. The Bertz CT molecular complexity index is 804. The number of benzene rings is 2. The van der Waals surface area contributed by atoms with E-state index in [0.29, 0.717) is 37.5 Å². The summed E-state index contributed by atoms with van der Waals surface area (Å²) in [7, 11) is 1.58. The van der Waals surface area contributed by atoms with Crippen LogP contribution in [0.5, 0.6) is 5.75 Å². The van der Waals surface area contributed by atoms with Crippen LogP contribution in [0, 0.1) is 0 Å². The highest BCUT2D eigenvalue weighted by molar-refractivity contribution is 9.10. The van der Waals surface area contributed by atoms with Gasteiger partial charge < -0.3 is 19.9 Å². The number of carbonyl (C=O) groups is 2. The number of piperazine rings is 1. The van der Waals surface area contributed by atoms with E-state index < -0.39 is 0 Å². The number of ether oxygens (including phenoxy) is 1. The predicted octanol–water partition coefficient (Wildman–Crippen LogP) is 3.45. The Labute approximate surface area is 160 Å². The zero-order valence-electron chi connectivity index (χ0n) is 14.4. The smallest absolute Gasteiger partial charge is 0.321 e. The van der Waals surface area contributed by atoms with Gasteiger partial charge in [-0.15, -0.1) is 0 Å². The molecule has 1 aliphatic heterocycles. The van der Waals surface area contributed by atoms with Crippen molar-refractivity contribution in [3.05, 3.63) is 58.6 Å². The molecule has 3 amide bonds. The summed E-state index contributed by atoms with van der Waals surface area (Å²) in [5.41, 5.74) is 1.33. The average Bonchev–Trinajstić information content (AvgIpc) is 2.67. The van der Waals surface area contributed by atoms with Gasteiger partial charge >= 0.3 is 6.03 Å². The summed E-state index contributed by atoms with van der Waals surface area (Å²) in [5, 5.41) is 2.88. The van der Waals surface area contributed by atoms with Crippen LogP contribution in [0.3, 0.4) is 0 Å². The molecule has 0 unspecified atom stereocenters. The molecule has 26 heavy (non-hydrogen) atoms. The summed E-state index contributed by atoms with van der Waals surface area (Å²) in [6, 6.07) is 14.4. The van der Waals surface area contributed by atoms with E-state index in [1.165, 1.54) is 0 Å². The van der Waals surface area contributed by atoms with Crippen LogP contribution < -0.4 is 10.1 Å². The van der Waals surface area contributed by atoms with E-state index in [1.54, 1.807) is 41.2 Å². The summed E-state index contributed by atoms with van der Waals surface area (Å²) < 4.78 is 6.08. The van der Waals surface area contributed by atoms with Crippen LogP contribution in [-0.4, -0.2) is 55.0 Å². The lowest BCUT2D eigenvalue weighted by atomic mass is 10.1. The largest absolute Gasteiger partial charge is 0.497 e. The fourth-order valence-electron chi connectivity index (χ4n) is 2.82. The van der Waals surface area contributed by atoms with Gasteiger partial charge in [-0.3, -0.25) is 4.79 Å². The third-order valence-corrected chi connectivity index (χ3v) is 4.74. The van der Waals surface area contributed by atoms with Crippen molar-refractivity contribution in [1.29, 1.82) is 0 Å². The van der Waals surface area contributed by atoms with Crippen molar-refractivity contribution in [1.82, 2.24) is 9.80 Å². The Balaban J connectivity index is 1.56. The van der Waals surface area contributed by atoms with Crippen molar-refractivity contribution in [3.63, 3.8) is 0 Å². The van der Waals surface area contributed by atoms with Crippen LogP contribution in [-0.2, 0) is 0 Å². The maximum Gasteiger partial charge on any atom is 0.321 e. The number of hydrogen-bond acceptors (Lipinski definition) is 3. The molecular formula is C19H20BrN3O3. The van der Waals surface area contributed by atoms with Gasteiger partial charge in [0.2, 0.25) is 0 Å². The first-order valence-corrected chi connectivity index (χ1v) is 9.11. The van der Waals surface area contributed by atoms with Crippen LogP contribution >= 0.6 is 15.9 Å². The molecule has 7 heteroatoms. The van der Waals surface area contributed by atoms with Gasteiger partial charge in [-0.25, -0.2) is 4.79 Å². The molecule has 2 aromatic carbocycles. The molecule has 0 saturated carbocycles. The first kappa shape index (κ1) is 18.3. The number of rotatable bonds is 3. The third kappa shape index (κ3) is 4.35. The standard InChI is InChI=1S/C19H20BrN3O3/c1-26-17-7-2-4-14(12-17)18(24)22-8-10-23(11-9-22)19(25)21-16-6-3-5-15(20)13-16/h2-7,12-13H,8-11H2,1H3,(H,21,25). The third-order valence-electron chi connectivity index (χ3n) is 4.25. The second kappa shape index (κ2) is 8.23. The van der Waals surface area contributed by atoms with Gasteiger partial charge in [0.15, 0.2) is 0 Å². The zero-order chi connectivity index (χ0) is 18.5. The van der Waals surface area contributed by atoms with Gasteiger partial charge in [-0.1, -0.05) is 28.1 Å². The Morgan fingerprint density at radius 3 is 2.38 bits per heavy atom. The molecule has 1 heterocycles. The lowest BCUT2D eigenvalue weighted by Gasteiger charge is -2.34. The normalized spacial score (nSPS) is 14.1. The van der Waals surface area contributed by atoms with Gasteiger partial charge in [0, 0.05) is 41.9 Å². The van der Waals surface area contributed by atoms with Crippen LogP contribution in [0.4, 0.5) is 10.5 Å². The van der Waals surface area contributed by atoms with Crippen molar-refractivity contribution in [2.24, 2.45) is 0 Å². The van der Waals surface area contributed by atoms with Crippen molar-refractivity contribution >= 4 is 33.6 Å². The molecule has 0 radical (unpaired) electrons. The van der Waals surface area contributed by atoms with E-state index in [1.807, 2.05) is 24.3 Å². The van der Waals surface area contributed by atoms with Crippen LogP contribution in [0.2, 0.25) is 0 Å². The quantitative estimate of drug-likeness (QED) is 0.831. The number of methoxy groups -OCH3 is 1. The minimum absolute atomic E-state index is 0.0454. The molecule has 136 valence electrons. The number of nitrogens with zero attached hydrogens (tertiary/aromatic N) is 2. The molecule has 0 bridgehead atoms. The predicted molar refractivity (Wildman–Crippen MR) is 104 cm³/mol. The Morgan fingerprint density at radius 2 is 1.69 bits per heavy atom. The van der Waals surface area contributed by atoms with Gasteiger partial charge in [-0.2, -0.15) is 0 Å². The molecule has 0 aromatic heterocycles. The van der Waals surface area contributed by atoms with Crippen molar-refractivity contribution < 1.29 is 14.3 Å². The zero-order valence-corrected chi connectivity index (χ0v) is 16.0. The fourth-order valence-corrected chi connectivity index (χ4v) is 3.22. The summed E-state index contributed by atoms with van der Waals surface area (Å²) in [5.74, 6) is 0.610. The van der Waals surface area contributed by atoms with Crippen molar-refractivity contribution in [2.45, 2.75) is 0 Å². The number of nitrogens with one attached hydrogen (secondary N) is 1. The first-order valence-electron chi connectivity index (χ1n) is 8.31. The van der Waals surface area contributed by atoms with E-state index in [9.17, 15) is 9.59 Å². The molecule has 6 nitrogen and oxygen atoms in total. The van der Waals surface area contributed by atoms with E-state index >= 15 is 0 Å².